The molecule has 0 spiro atoms. The van der Waals surface area contributed by atoms with Crippen LogP contribution in [0, 0.1) is 0 Å². The first kappa shape index (κ1) is 23.9. The van der Waals surface area contributed by atoms with Gasteiger partial charge in [0.05, 0.1) is 11.6 Å². The summed E-state index contributed by atoms with van der Waals surface area (Å²) in [6.07, 6.45) is 2.20. The smallest absolute Gasteiger partial charge is 0.274 e. The molecule has 2 aliphatic rings. The second-order valence-electron chi connectivity index (χ2n) is 8.75. The Bertz CT molecular complexity index is 1320. The van der Waals surface area contributed by atoms with Crippen molar-refractivity contribution in [3.8, 4) is 0 Å². The Morgan fingerprint density at radius 2 is 1.66 bits per heavy atom. The Balaban J connectivity index is 1.23. The molecule has 1 amide bonds. The number of carbonyl (C=O) groups is 1. The van der Waals surface area contributed by atoms with E-state index in [1.165, 1.54) is 4.31 Å². The standard InChI is InChI=1S/C24H27ClN6O3S/c25-20-5-3-19-16-21(6-4-18(19)15-20)35(33,34)31-13-11-29(12-14-31)24(32)22-7-8-23(28-27-22)30-10-2-1-9-26-17-30/h3-8,15-16,26H,1-2,9-14,17H2. The van der Waals surface area contributed by atoms with Crippen molar-refractivity contribution in [2.24, 2.45) is 0 Å². The number of carbonyl (C=O) groups excluding carboxylic acids is 1. The lowest BCUT2D eigenvalue weighted by molar-refractivity contribution is 0.0691. The van der Waals surface area contributed by atoms with Gasteiger partial charge in [0.2, 0.25) is 10.0 Å². The second kappa shape index (κ2) is 10.1. The molecule has 11 heteroatoms. The summed E-state index contributed by atoms with van der Waals surface area (Å²) in [7, 11) is -3.68. The molecule has 5 rings (SSSR count). The van der Waals surface area contributed by atoms with Crippen molar-refractivity contribution in [2.75, 3.05) is 50.8 Å². The Morgan fingerprint density at radius 1 is 0.886 bits per heavy atom. The highest BCUT2D eigenvalue weighted by Crippen LogP contribution is 2.25. The van der Waals surface area contributed by atoms with E-state index in [1.54, 1.807) is 41.3 Å². The van der Waals surface area contributed by atoms with Gasteiger partial charge in [-0.2, -0.15) is 4.31 Å². The van der Waals surface area contributed by atoms with Gasteiger partial charge in [0.15, 0.2) is 11.5 Å². The van der Waals surface area contributed by atoms with Gasteiger partial charge in [0.25, 0.3) is 5.91 Å². The molecule has 0 radical (unpaired) electrons. The monoisotopic (exact) mass is 514 g/mol. The van der Waals surface area contributed by atoms with Gasteiger partial charge in [0, 0.05) is 37.7 Å². The van der Waals surface area contributed by atoms with E-state index in [2.05, 4.69) is 20.4 Å². The first-order chi connectivity index (χ1) is 16.9. The molecule has 184 valence electrons. The largest absolute Gasteiger partial charge is 0.342 e. The van der Waals surface area contributed by atoms with Crippen molar-refractivity contribution >= 4 is 44.1 Å². The zero-order chi connectivity index (χ0) is 24.4. The number of rotatable bonds is 4. The second-order valence-corrected chi connectivity index (χ2v) is 11.1. The summed E-state index contributed by atoms with van der Waals surface area (Å²) < 4.78 is 27.9. The minimum atomic E-state index is -3.68. The summed E-state index contributed by atoms with van der Waals surface area (Å²) in [4.78, 5) is 16.9. The van der Waals surface area contributed by atoms with Gasteiger partial charge in [-0.25, -0.2) is 8.42 Å². The lowest BCUT2D eigenvalue weighted by Gasteiger charge is -2.33. The number of benzene rings is 2. The lowest BCUT2D eigenvalue weighted by Crippen LogP contribution is -2.50. The van der Waals surface area contributed by atoms with Crippen LogP contribution in [0.4, 0.5) is 5.82 Å². The number of sulfonamides is 1. The number of halogens is 1. The predicted octanol–water partition coefficient (Wildman–Crippen LogP) is 2.58. The van der Waals surface area contributed by atoms with Crippen LogP contribution in [0.25, 0.3) is 10.8 Å². The van der Waals surface area contributed by atoms with Crippen molar-refractivity contribution in [1.82, 2.24) is 24.7 Å². The molecule has 0 atom stereocenters. The number of hydrogen-bond donors (Lipinski definition) is 1. The van der Waals surface area contributed by atoms with Crippen LogP contribution >= 0.6 is 11.6 Å². The van der Waals surface area contributed by atoms with Gasteiger partial charge in [-0.15, -0.1) is 10.2 Å². The van der Waals surface area contributed by atoms with E-state index in [-0.39, 0.29) is 29.6 Å². The van der Waals surface area contributed by atoms with Gasteiger partial charge in [-0.05, 0) is 66.6 Å². The molecule has 0 bridgehead atoms. The average molecular weight is 515 g/mol. The summed E-state index contributed by atoms with van der Waals surface area (Å²) in [5.74, 6) is 0.502. The van der Waals surface area contributed by atoms with Gasteiger partial charge >= 0.3 is 0 Å². The number of nitrogens with one attached hydrogen (secondary N) is 1. The van der Waals surface area contributed by atoms with Crippen molar-refractivity contribution < 1.29 is 13.2 Å². The van der Waals surface area contributed by atoms with Crippen LogP contribution in [-0.2, 0) is 10.0 Å². The van der Waals surface area contributed by atoms with Gasteiger partial charge < -0.3 is 9.80 Å². The molecule has 3 heterocycles. The number of amides is 1. The lowest BCUT2D eigenvalue weighted by atomic mass is 10.1. The van der Waals surface area contributed by atoms with Crippen molar-refractivity contribution in [3.63, 3.8) is 0 Å². The van der Waals surface area contributed by atoms with Crippen LogP contribution in [0.15, 0.2) is 53.4 Å². The summed E-state index contributed by atoms with van der Waals surface area (Å²) in [5, 5.41) is 14.1. The number of nitrogens with zero attached hydrogens (tertiary/aromatic N) is 5. The number of hydrogen-bond acceptors (Lipinski definition) is 7. The molecular formula is C24H27ClN6O3S. The van der Waals surface area contributed by atoms with Crippen LogP contribution in [0.3, 0.4) is 0 Å². The fraction of sp³-hybridized carbons (Fsp3) is 0.375. The number of aromatic nitrogens is 2. The van der Waals surface area contributed by atoms with Crippen molar-refractivity contribution in [1.29, 1.82) is 0 Å². The Hall–Kier alpha value is -2.79. The third kappa shape index (κ3) is 5.11. The topological polar surface area (TPSA) is 98.7 Å². The minimum absolute atomic E-state index is 0.220. The SMILES string of the molecule is O=C(c1ccc(N2CCCCNC2)nn1)N1CCN(S(=O)(=O)c2ccc3cc(Cl)ccc3c2)CC1. The number of anilines is 1. The molecule has 1 aromatic heterocycles. The highest BCUT2D eigenvalue weighted by Gasteiger charge is 2.31. The number of piperazine rings is 1. The Labute approximate surface area is 209 Å². The predicted molar refractivity (Wildman–Crippen MR) is 135 cm³/mol. The van der Waals surface area contributed by atoms with E-state index in [1.807, 2.05) is 12.1 Å². The van der Waals surface area contributed by atoms with E-state index in [0.717, 1.165) is 42.5 Å². The maximum Gasteiger partial charge on any atom is 0.274 e. The fourth-order valence-electron chi connectivity index (χ4n) is 4.45. The van der Waals surface area contributed by atoms with E-state index in [4.69, 9.17) is 11.6 Å². The van der Waals surface area contributed by atoms with Crippen LogP contribution in [0.1, 0.15) is 23.3 Å². The maximum absolute atomic E-state index is 13.2. The quantitative estimate of drug-likeness (QED) is 0.571. The zero-order valence-corrected chi connectivity index (χ0v) is 20.8. The van der Waals surface area contributed by atoms with Crippen molar-refractivity contribution in [2.45, 2.75) is 17.7 Å². The van der Waals surface area contributed by atoms with Crippen molar-refractivity contribution in [3.05, 3.63) is 59.2 Å². The fourth-order valence-corrected chi connectivity index (χ4v) is 6.09. The van der Waals surface area contributed by atoms with Gasteiger partial charge in [0.1, 0.15) is 0 Å². The summed E-state index contributed by atoms with van der Waals surface area (Å²) in [6, 6.07) is 13.9. The highest BCUT2D eigenvalue weighted by molar-refractivity contribution is 7.89. The van der Waals surface area contributed by atoms with Gasteiger partial charge in [-0.3, -0.25) is 10.1 Å². The van der Waals surface area contributed by atoms with Crippen LogP contribution < -0.4 is 10.2 Å². The number of fused-ring (bicyclic) bond motifs is 1. The van der Waals surface area contributed by atoms with E-state index < -0.39 is 10.0 Å². The molecule has 35 heavy (non-hydrogen) atoms. The molecule has 2 fully saturated rings. The third-order valence-corrected chi connectivity index (χ3v) is 8.59. The molecule has 0 saturated carbocycles. The highest BCUT2D eigenvalue weighted by atomic mass is 35.5. The van der Waals surface area contributed by atoms with E-state index in [0.29, 0.717) is 24.8 Å². The average Bonchev–Trinajstić information content (AvgIpc) is 3.18. The first-order valence-electron chi connectivity index (χ1n) is 11.7. The normalized spacial score (nSPS) is 18.0. The molecule has 1 N–H and O–H groups in total. The molecule has 0 aliphatic carbocycles. The molecular weight excluding hydrogens is 488 g/mol. The molecule has 9 nitrogen and oxygen atoms in total. The van der Waals surface area contributed by atoms with Crippen LogP contribution in [0.5, 0.6) is 0 Å². The molecule has 2 saturated heterocycles. The van der Waals surface area contributed by atoms with Crippen LogP contribution in [-0.4, -0.2) is 79.7 Å². The molecule has 2 aromatic carbocycles. The van der Waals surface area contributed by atoms with Crippen LogP contribution in [0.2, 0.25) is 5.02 Å². The summed E-state index contributed by atoms with van der Waals surface area (Å²) in [5.41, 5.74) is 0.265. The van der Waals surface area contributed by atoms with E-state index in [9.17, 15) is 13.2 Å². The minimum Gasteiger partial charge on any atom is -0.342 e. The Morgan fingerprint density at radius 3 is 2.43 bits per heavy atom. The Kier molecular flexibility index (Phi) is 6.88. The van der Waals surface area contributed by atoms with Gasteiger partial charge in [-0.1, -0.05) is 23.7 Å². The first-order valence-corrected chi connectivity index (χ1v) is 13.5. The summed E-state index contributed by atoms with van der Waals surface area (Å²) in [6.45, 7) is 3.62. The molecule has 3 aromatic rings. The maximum atomic E-state index is 13.2. The molecule has 2 aliphatic heterocycles. The van der Waals surface area contributed by atoms with E-state index >= 15 is 0 Å². The third-order valence-electron chi connectivity index (χ3n) is 6.47. The summed E-state index contributed by atoms with van der Waals surface area (Å²) >= 11 is 6.03. The zero-order valence-electron chi connectivity index (χ0n) is 19.2. The molecule has 0 unspecified atom stereocenters.